The summed E-state index contributed by atoms with van der Waals surface area (Å²) >= 11 is 0. The van der Waals surface area contributed by atoms with Crippen molar-refractivity contribution in [3.63, 3.8) is 0 Å². The van der Waals surface area contributed by atoms with Crippen LogP contribution in [0.25, 0.3) is 0 Å². The first-order chi connectivity index (χ1) is 10.0. The van der Waals surface area contributed by atoms with Gasteiger partial charge < -0.3 is 10.1 Å². The van der Waals surface area contributed by atoms with E-state index in [0.29, 0.717) is 17.9 Å². The van der Waals surface area contributed by atoms with E-state index in [4.69, 9.17) is 0 Å². The van der Waals surface area contributed by atoms with Gasteiger partial charge in [0.1, 0.15) is 0 Å². The first kappa shape index (κ1) is 15.8. The molecule has 2 rings (SSSR count). The van der Waals surface area contributed by atoms with Crippen LogP contribution in [0.5, 0.6) is 0 Å². The molecule has 0 bridgehead atoms. The number of carbonyl (C=O) groups is 1. The molecule has 0 radical (unpaired) electrons. The Labute approximate surface area is 125 Å². The third kappa shape index (κ3) is 3.97. The average Bonchev–Trinajstić information content (AvgIpc) is 3.02. The molecule has 1 saturated carbocycles. The summed E-state index contributed by atoms with van der Waals surface area (Å²) in [7, 11) is -1.87. The number of benzene rings is 1. The van der Waals surface area contributed by atoms with Crippen LogP contribution in [0.15, 0.2) is 29.2 Å². The van der Waals surface area contributed by atoms with E-state index in [1.54, 1.807) is 24.3 Å². The van der Waals surface area contributed by atoms with Crippen molar-refractivity contribution in [3.8, 4) is 0 Å². The lowest BCUT2D eigenvalue weighted by atomic mass is 10.1. The number of methoxy groups -OCH3 is 1. The quantitative estimate of drug-likeness (QED) is 0.905. The zero-order valence-corrected chi connectivity index (χ0v) is 13.0. The molecule has 0 spiro atoms. The summed E-state index contributed by atoms with van der Waals surface area (Å²) in [5.74, 6) is 0. The molecule has 21 heavy (non-hydrogen) atoms. The van der Waals surface area contributed by atoms with Gasteiger partial charge in [0.15, 0.2) is 9.84 Å². The Morgan fingerprint density at radius 1 is 1.24 bits per heavy atom. The highest BCUT2D eigenvalue weighted by Crippen LogP contribution is 2.29. The molecular weight excluding hydrogens is 290 g/mol. The molecule has 1 aromatic rings. The normalized spacial score (nSPS) is 15.9. The number of rotatable bonds is 5. The Morgan fingerprint density at radius 3 is 2.43 bits per heavy atom. The van der Waals surface area contributed by atoms with Crippen LogP contribution in [0.1, 0.15) is 31.2 Å². The molecule has 1 N–H and O–H groups in total. The summed E-state index contributed by atoms with van der Waals surface area (Å²) in [6.07, 6.45) is 3.72. The number of nitrogens with one attached hydrogen (secondary N) is 1. The molecule has 0 aliphatic heterocycles. The van der Waals surface area contributed by atoms with Crippen LogP contribution in [0.3, 0.4) is 0 Å². The number of ether oxygens (including phenoxy) is 1. The van der Waals surface area contributed by atoms with Crippen LogP contribution in [0.2, 0.25) is 0 Å². The maximum atomic E-state index is 12.4. The number of hydrogen-bond acceptors (Lipinski definition) is 4. The van der Waals surface area contributed by atoms with Crippen LogP contribution in [0.4, 0.5) is 4.79 Å². The van der Waals surface area contributed by atoms with Gasteiger partial charge in [-0.2, -0.15) is 0 Å². The Morgan fingerprint density at radius 2 is 1.86 bits per heavy atom. The highest BCUT2D eigenvalue weighted by Gasteiger charge is 2.29. The summed E-state index contributed by atoms with van der Waals surface area (Å²) in [4.78, 5) is 11.3. The van der Waals surface area contributed by atoms with Gasteiger partial charge in [-0.25, -0.2) is 13.2 Å². The lowest BCUT2D eigenvalue weighted by Gasteiger charge is -2.11. The van der Waals surface area contributed by atoms with Gasteiger partial charge in [0, 0.05) is 6.54 Å². The molecule has 0 aromatic heterocycles. The molecule has 1 amide bonds. The molecule has 5 nitrogen and oxygen atoms in total. The predicted molar refractivity (Wildman–Crippen MR) is 80.0 cm³/mol. The molecule has 6 heteroatoms. The number of sulfone groups is 1. The number of amides is 1. The van der Waals surface area contributed by atoms with E-state index >= 15 is 0 Å². The van der Waals surface area contributed by atoms with E-state index in [9.17, 15) is 13.2 Å². The van der Waals surface area contributed by atoms with Crippen LogP contribution in [-0.4, -0.2) is 33.4 Å². The molecule has 116 valence electrons. The van der Waals surface area contributed by atoms with Crippen molar-refractivity contribution in [3.05, 3.63) is 29.8 Å². The van der Waals surface area contributed by atoms with Gasteiger partial charge in [-0.05, 0) is 37.0 Å². The summed E-state index contributed by atoms with van der Waals surface area (Å²) in [5.41, 5.74) is 0.983. The Balaban J connectivity index is 1.97. The summed E-state index contributed by atoms with van der Waals surface area (Å²) in [6, 6.07) is 6.95. The zero-order valence-electron chi connectivity index (χ0n) is 12.2. The lowest BCUT2D eigenvalue weighted by molar-refractivity contribution is 0.171. The lowest BCUT2D eigenvalue weighted by Crippen LogP contribution is -2.25. The van der Waals surface area contributed by atoms with Gasteiger partial charge >= 0.3 is 6.09 Å². The highest BCUT2D eigenvalue weighted by atomic mass is 32.2. The fourth-order valence-corrected chi connectivity index (χ4v) is 4.47. The van der Waals surface area contributed by atoms with E-state index in [1.807, 2.05) is 0 Å². The Hall–Kier alpha value is -1.56. The smallest absolute Gasteiger partial charge is 0.406 e. The molecule has 1 aromatic carbocycles. The third-order valence-corrected chi connectivity index (χ3v) is 6.14. The van der Waals surface area contributed by atoms with Crippen molar-refractivity contribution >= 4 is 15.9 Å². The van der Waals surface area contributed by atoms with Gasteiger partial charge in [-0.15, -0.1) is 0 Å². The van der Waals surface area contributed by atoms with Gasteiger partial charge in [0.2, 0.25) is 0 Å². The van der Waals surface area contributed by atoms with Crippen molar-refractivity contribution in [2.45, 2.75) is 42.2 Å². The maximum absolute atomic E-state index is 12.4. The molecule has 1 aliphatic rings. The van der Waals surface area contributed by atoms with Crippen LogP contribution in [0, 0.1) is 0 Å². The van der Waals surface area contributed by atoms with Crippen LogP contribution >= 0.6 is 0 Å². The predicted octanol–water partition coefficient (Wildman–Crippen LogP) is 2.30. The minimum absolute atomic E-state index is 0.218. The number of alkyl carbamates (subject to hydrolysis) is 1. The molecular formula is C15H21NO4S. The van der Waals surface area contributed by atoms with E-state index < -0.39 is 15.9 Å². The van der Waals surface area contributed by atoms with E-state index in [-0.39, 0.29) is 5.25 Å². The highest BCUT2D eigenvalue weighted by molar-refractivity contribution is 7.92. The van der Waals surface area contributed by atoms with Gasteiger partial charge in [0.05, 0.1) is 17.3 Å². The van der Waals surface area contributed by atoms with Crippen molar-refractivity contribution in [1.82, 2.24) is 5.32 Å². The fraction of sp³-hybridized carbons (Fsp3) is 0.533. The minimum Gasteiger partial charge on any atom is -0.453 e. The van der Waals surface area contributed by atoms with E-state index in [2.05, 4.69) is 10.1 Å². The summed E-state index contributed by atoms with van der Waals surface area (Å²) in [5, 5.41) is 2.37. The third-order valence-electron chi connectivity index (χ3n) is 3.86. The topological polar surface area (TPSA) is 72.5 Å². The van der Waals surface area contributed by atoms with Crippen molar-refractivity contribution in [1.29, 1.82) is 0 Å². The second kappa shape index (κ2) is 6.93. The van der Waals surface area contributed by atoms with Crippen molar-refractivity contribution in [2.24, 2.45) is 0 Å². The zero-order chi connectivity index (χ0) is 15.3. The van der Waals surface area contributed by atoms with E-state index in [0.717, 1.165) is 31.2 Å². The second-order valence-corrected chi connectivity index (χ2v) is 7.49. The SMILES string of the molecule is COC(=O)NCCc1ccc(S(=O)(=O)C2CCCC2)cc1. The van der Waals surface area contributed by atoms with Gasteiger partial charge in [-0.3, -0.25) is 0 Å². The molecule has 0 unspecified atom stereocenters. The monoisotopic (exact) mass is 311 g/mol. The minimum atomic E-state index is -3.18. The average molecular weight is 311 g/mol. The Kier molecular flexibility index (Phi) is 5.22. The van der Waals surface area contributed by atoms with Crippen LogP contribution < -0.4 is 5.32 Å². The van der Waals surface area contributed by atoms with Crippen molar-refractivity contribution < 1.29 is 17.9 Å². The fourth-order valence-electron chi connectivity index (χ4n) is 2.62. The second-order valence-electron chi connectivity index (χ2n) is 5.26. The standard InChI is InChI=1S/C15H21NO4S/c1-20-15(17)16-11-10-12-6-8-14(9-7-12)21(18,19)13-4-2-3-5-13/h6-9,13H,2-5,10-11H2,1H3,(H,16,17). The molecule has 0 heterocycles. The van der Waals surface area contributed by atoms with Crippen molar-refractivity contribution in [2.75, 3.05) is 13.7 Å². The largest absolute Gasteiger partial charge is 0.453 e. The van der Waals surface area contributed by atoms with Gasteiger partial charge in [-0.1, -0.05) is 25.0 Å². The molecule has 1 aliphatic carbocycles. The van der Waals surface area contributed by atoms with E-state index in [1.165, 1.54) is 7.11 Å². The van der Waals surface area contributed by atoms with Crippen LogP contribution in [-0.2, 0) is 21.0 Å². The summed E-state index contributed by atoms with van der Waals surface area (Å²) < 4.78 is 29.3. The maximum Gasteiger partial charge on any atom is 0.406 e. The Bertz CT molecular complexity index is 574. The molecule has 1 fully saturated rings. The number of hydrogen-bond donors (Lipinski definition) is 1. The first-order valence-corrected chi connectivity index (χ1v) is 8.73. The number of carbonyl (C=O) groups excluding carboxylic acids is 1. The summed E-state index contributed by atoms with van der Waals surface area (Å²) in [6.45, 7) is 0.460. The first-order valence-electron chi connectivity index (χ1n) is 7.18. The molecule has 0 saturated heterocycles. The molecule has 0 atom stereocenters. The van der Waals surface area contributed by atoms with Gasteiger partial charge in [0.25, 0.3) is 0 Å².